The molecular weight excluding hydrogens is 681 g/mol. The highest BCUT2D eigenvalue weighted by Crippen LogP contribution is 2.44. The number of anilines is 3. The van der Waals surface area contributed by atoms with Gasteiger partial charge in [-0.15, -0.1) is 0 Å². The fourth-order valence-electron chi connectivity index (χ4n) is 7.78. The van der Waals surface area contributed by atoms with Crippen LogP contribution in [-0.2, 0) is 0 Å². The fraction of sp³-hybridized carbons (Fsp3) is 0. The molecule has 0 atom stereocenters. The van der Waals surface area contributed by atoms with E-state index in [1.54, 1.807) is 0 Å². The molecule has 0 aliphatic carbocycles. The lowest BCUT2D eigenvalue weighted by Crippen LogP contribution is -2.10. The van der Waals surface area contributed by atoms with E-state index in [-0.39, 0.29) is 0 Å². The van der Waals surface area contributed by atoms with Crippen LogP contribution in [0, 0.1) is 0 Å². The van der Waals surface area contributed by atoms with E-state index in [4.69, 9.17) is 9.40 Å². The van der Waals surface area contributed by atoms with E-state index in [1.807, 2.05) is 6.07 Å². The third kappa shape index (κ3) is 6.21. The Labute approximate surface area is 326 Å². The monoisotopic (exact) mass is 716 g/mol. The molecular formula is C53H36N2O. The first-order chi connectivity index (χ1) is 27.8. The van der Waals surface area contributed by atoms with Crippen molar-refractivity contribution in [3.63, 3.8) is 0 Å². The van der Waals surface area contributed by atoms with Crippen LogP contribution >= 0.6 is 0 Å². The first kappa shape index (κ1) is 33.1. The van der Waals surface area contributed by atoms with Crippen molar-refractivity contribution in [1.82, 2.24) is 4.98 Å². The highest BCUT2D eigenvalue weighted by molar-refractivity contribution is 6.10. The summed E-state index contributed by atoms with van der Waals surface area (Å²) in [4.78, 5) is 7.29. The van der Waals surface area contributed by atoms with Crippen LogP contribution in [0.5, 0.6) is 0 Å². The molecule has 56 heavy (non-hydrogen) atoms. The average Bonchev–Trinajstić information content (AvgIpc) is 3.73. The van der Waals surface area contributed by atoms with Gasteiger partial charge in [0.05, 0.1) is 0 Å². The van der Waals surface area contributed by atoms with E-state index < -0.39 is 0 Å². The molecule has 3 heteroatoms. The zero-order chi connectivity index (χ0) is 37.3. The van der Waals surface area contributed by atoms with Gasteiger partial charge in [-0.05, 0) is 104 Å². The summed E-state index contributed by atoms with van der Waals surface area (Å²) in [5, 5.41) is 2.15. The maximum absolute atomic E-state index is 6.59. The van der Waals surface area contributed by atoms with Gasteiger partial charge in [0, 0.05) is 28.0 Å². The van der Waals surface area contributed by atoms with Gasteiger partial charge in [-0.3, -0.25) is 0 Å². The van der Waals surface area contributed by atoms with Crippen molar-refractivity contribution < 1.29 is 4.42 Å². The van der Waals surface area contributed by atoms with E-state index >= 15 is 0 Å². The summed E-state index contributed by atoms with van der Waals surface area (Å²) in [5.41, 5.74) is 15.1. The number of para-hydroxylation sites is 1. The summed E-state index contributed by atoms with van der Waals surface area (Å²) in [6, 6.07) is 77.1. The molecule has 0 aliphatic heterocycles. The number of oxazole rings is 1. The van der Waals surface area contributed by atoms with E-state index in [2.05, 4.69) is 217 Å². The van der Waals surface area contributed by atoms with Crippen LogP contribution in [0.25, 0.3) is 77.8 Å². The maximum Gasteiger partial charge on any atom is 0.227 e. The molecule has 0 saturated heterocycles. The van der Waals surface area contributed by atoms with Gasteiger partial charge in [-0.25, -0.2) is 4.98 Å². The molecule has 0 N–H and O–H groups in total. The second-order valence-corrected chi connectivity index (χ2v) is 14.0. The van der Waals surface area contributed by atoms with Crippen molar-refractivity contribution in [2.24, 2.45) is 0 Å². The van der Waals surface area contributed by atoms with Gasteiger partial charge in [0.1, 0.15) is 5.52 Å². The first-order valence-electron chi connectivity index (χ1n) is 19.0. The summed E-state index contributed by atoms with van der Waals surface area (Å²) in [6.45, 7) is 0. The van der Waals surface area contributed by atoms with Gasteiger partial charge >= 0.3 is 0 Å². The van der Waals surface area contributed by atoms with Crippen molar-refractivity contribution in [1.29, 1.82) is 0 Å². The minimum atomic E-state index is 0.615. The number of aromatic nitrogens is 1. The molecule has 10 aromatic rings. The molecule has 1 aromatic heterocycles. The van der Waals surface area contributed by atoms with E-state index in [0.29, 0.717) is 5.89 Å². The Morgan fingerprint density at radius 1 is 0.321 bits per heavy atom. The number of hydrogen-bond donors (Lipinski definition) is 0. The van der Waals surface area contributed by atoms with Crippen molar-refractivity contribution in [2.75, 3.05) is 4.90 Å². The quantitative estimate of drug-likeness (QED) is 0.157. The third-order valence-corrected chi connectivity index (χ3v) is 10.5. The van der Waals surface area contributed by atoms with Crippen molar-refractivity contribution in [2.45, 2.75) is 0 Å². The largest absolute Gasteiger partial charge is 0.435 e. The standard InChI is InChI=1S/C53H36N2O/c1-5-15-37(16-6-1)39-27-29-41(30-28-39)53-54-51-34-33-47-46(25-14-26-49(47)52(51)56-53)48-32-31-45(36-50(48)40-19-9-3-10-20-40)55(43-22-11-4-12-23-43)44-24-13-21-42(35-44)38-17-7-2-8-18-38/h1-36H. The molecule has 0 spiro atoms. The minimum Gasteiger partial charge on any atom is -0.435 e. The number of rotatable bonds is 8. The highest BCUT2D eigenvalue weighted by atomic mass is 16.3. The first-order valence-corrected chi connectivity index (χ1v) is 19.0. The minimum absolute atomic E-state index is 0.615. The molecule has 0 bridgehead atoms. The van der Waals surface area contributed by atoms with Crippen LogP contribution in [0.15, 0.2) is 223 Å². The normalized spacial score (nSPS) is 11.2. The predicted octanol–water partition coefficient (Wildman–Crippen LogP) is 14.8. The third-order valence-electron chi connectivity index (χ3n) is 10.5. The Hall–Kier alpha value is -7.49. The van der Waals surface area contributed by atoms with Crippen LogP contribution in [0.4, 0.5) is 17.1 Å². The molecule has 3 nitrogen and oxygen atoms in total. The molecule has 9 aromatic carbocycles. The lowest BCUT2D eigenvalue weighted by molar-refractivity contribution is 0.623. The number of fused-ring (bicyclic) bond motifs is 3. The molecule has 10 rings (SSSR count). The number of nitrogens with zero attached hydrogens (tertiary/aromatic N) is 2. The Kier molecular flexibility index (Phi) is 8.51. The van der Waals surface area contributed by atoms with Crippen molar-refractivity contribution in [3.8, 4) is 56.0 Å². The lowest BCUT2D eigenvalue weighted by atomic mass is 9.90. The zero-order valence-corrected chi connectivity index (χ0v) is 30.6. The SMILES string of the molecule is c1ccc(-c2ccc(-c3nc4ccc5c(-c6ccc(N(c7ccccc7)c7cccc(-c8ccccc8)c7)cc6-c6ccccc6)cccc5c4o3)cc2)cc1. The molecule has 0 radical (unpaired) electrons. The Morgan fingerprint density at radius 3 is 1.59 bits per heavy atom. The highest BCUT2D eigenvalue weighted by Gasteiger charge is 2.19. The zero-order valence-electron chi connectivity index (χ0n) is 30.6. The summed E-state index contributed by atoms with van der Waals surface area (Å²) < 4.78 is 6.59. The van der Waals surface area contributed by atoms with E-state index in [1.165, 1.54) is 16.7 Å². The molecule has 0 aliphatic rings. The second kappa shape index (κ2) is 14.4. The fourth-order valence-corrected chi connectivity index (χ4v) is 7.78. The molecule has 0 amide bonds. The van der Waals surface area contributed by atoms with Crippen LogP contribution in [0.3, 0.4) is 0 Å². The number of benzene rings is 9. The topological polar surface area (TPSA) is 29.3 Å². The predicted molar refractivity (Wildman–Crippen MR) is 233 cm³/mol. The van der Waals surface area contributed by atoms with Gasteiger partial charge < -0.3 is 9.32 Å². The maximum atomic E-state index is 6.59. The number of hydrogen-bond acceptors (Lipinski definition) is 3. The van der Waals surface area contributed by atoms with Gasteiger partial charge in [0.25, 0.3) is 0 Å². The smallest absolute Gasteiger partial charge is 0.227 e. The van der Waals surface area contributed by atoms with Crippen LogP contribution in [0.1, 0.15) is 0 Å². The van der Waals surface area contributed by atoms with E-state index in [9.17, 15) is 0 Å². The average molecular weight is 717 g/mol. The lowest BCUT2D eigenvalue weighted by Gasteiger charge is -2.27. The molecule has 0 fully saturated rings. The second-order valence-electron chi connectivity index (χ2n) is 14.0. The van der Waals surface area contributed by atoms with Crippen LogP contribution in [-0.4, -0.2) is 4.98 Å². The summed E-state index contributed by atoms with van der Waals surface area (Å²) in [5.74, 6) is 0.615. The van der Waals surface area contributed by atoms with Gasteiger partial charge in [-0.1, -0.05) is 164 Å². The van der Waals surface area contributed by atoms with Crippen LogP contribution < -0.4 is 4.90 Å². The van der Waals surface area contributed by atoms with Gasteiger partial charge in [-0.2, -0.15) is 0 Å². The van der Waals surface area contributed by atoms with E-state index in [0.717, 1.165) is 72.3 Å². The van der Waals surface area contributed by atoms with Crippen molar-refractivity contribution in [3.05, 3.63) is 218 Å². The van der Waals surface area contributed by atoms with Gasteiger partial charge in [0.2, 0.25) is 5.89 Å². The molecule has 264 valence electrons. The summed E-state index contributed by atoms with van der Waals surface area (Å²) in [6.07, 6.45) is 0. The Morgan fingerprint density at radius 2 is 0.875 bits per heavy atom. The Bertz CT molecular complexity index is 2940. The van der Waals surface area contributed by atoms with Crippen LogP contribution in [0.2, 0.25) is 0 Å². The summed E-state index contributed by atoms with van der Waals surface area (Å²) in [7, 11) is 0. The summed E-state index contributed by atoms with van der Waals surface area (Å²) >= 11 is 0. The van der Waals surface area contributed by atoms with Gasteiger partial charge in [0.15, 0.2) is 5.58 Å². The Balaban J connectivity index is 1.09. The molecule has 0 unspecified atom stereocenters. The molecule has 1 heterocycles. The molecule has 0 saturated carbocycles. The van der Waals surface area contributed by atoms with Crippen molar-refractivity contribution >= 4 is 38.9 Å².